The number of hydrogen-bond donors (Lipinski definition) is 1. The van der Waals surface area contributed by atoms with Gasteiger partial charge in [-0.25, -0.2) is 9.37 Å². The summed E-state index contributed by atoms with van der Waals surface area (Å²) in [5.74, 6) is -0.893. The van der Waals surface area contributed by atoms with Crippen LogP contribution >= 0.6 is 11.8 Å². The number of nitrogens with zero attached hydrogens (tertiary/aromatic N) is 2. The third-order valence-electron chi connectivity index (χ3n) is 5.29. The van der Waals surface area contributed by atoms with Crippen molar-refractivity contribution in [3.8, 4) is 5.69 Å². The average molecular weight is 448 g/mol. The lowest BCUT2D eigenvalue weighted by molar-refractivity contribution is -0.113. The highest BCUT2D eigenvalue weighted by Crippen LogP contribution is 2.25. The van der Waals surface area contributed by atoms with Crippen molar-refractivity contribution in [2.45, 2.75) is 25.9 Å². The molecule has 1 amide bonds. The molecule has 1 N–H and O–H groups in total. The van der Waals surface area contributed by atoms with Crippen LogP contribution in [0.1, 0.15) is 16.7 Å². The van der Waals surface area contributed by atoms with Gasteiger partial charge in [0.05, 0.1) is 28.0 Å². The normalized spacial score (nSPS) is 11.0. The molecular formula is C25H22FN3O2S. The molecule has 0 spiro atoms. The Morgan fingerprint density at radius 2 is 1.84 bits per heavy atom. The third-order valence-corrected chi connectivity index (χ3v) is 6.23. The van der Waals surface area contributed by atoms with Crippen LogP contribution in [-0.2, 0) is 4.79 Å². The topological polar surface area (TPSA) is 64.0 Å². The zero-order valence-corrected chi connectivity index (χ0v) is 18.8. The van der Waals surface area contributed by atoms with E-state index in [9.17, 15) is 14.0 Å². The quantitative estimate of drug-likeness (QED) is 0.338. The van der Waals surface area contributed by atoms with Crippen molar-refractivity contribution >= 4 is 34.3 Å². The number of amides is 1. The fourth-order valence-corrected chi connectivity index (χ4v) is 4.24. The molecule has 1 heterocycles. The van der Waals surface area contributed by atoms with E-state index in [-0.39, 0.29) is 22.9 Å². The zero-order valence-electron chi connectivity index (χ0n) is 18.0. The fraction of sp³-hybridized carbons (Fsp3) is 0.160. The lowest BCUT2D eigenvalue weighted by Gasteiger charge is -2.16. The van der Waals surface area contributed by atoms with Crippen LogP contribution in [0.2, 0.25) is 0 Å². The van der Waals surface area contributed by atoms with Gasteiger partial charge in [0.2, 0.25) is 5.91 Å². The third kappa shape index (κ3) is 4.29. The van der Waals surface area contributed by atoms with Gasteiger partial charge in [0.25, 0.3) is 5.56 Å². The minimum atomic E-state index is -0.487. The van der Waals surface area contributed by atoms with Gasteiger partial charge in [-0.3, -0.25) is 14.2 Å². The number of anilines is 1. The molecule has 1 aromatic heterocycles. The van der Waals surface area contributed by atoms with E-state index in [4.69, 9.17) is 0 Å². The Morgan fingerprint density at radius 1 is 1.06 bits per heavy atom. The summed E-state index contributed by atoms with van der Waals surface area (Å²) in [6.07, 6.45) is 0. The van der Waals surface area contributed by atoms with Crippen molar-refractivity contribution < 1.29 is 9.18 Å². The van der Waals surface area contributed by atoms with Gasteiger partial charge in [-0.2, -0.15) is 0 Å². The second kappa shape index (κ2) is 8.96. The highest BCUT2D eigenvalue weighted by molar-refractivity contribution is 7.99. The van der Waals surface area contributed by atoms with Crippen LogP contribution in [0.5, 0.6) is 0 Å². The molecule has 0 aliphatic heterocycles. The molecule has 0 radical (unpaired) electrons. The number of rotatable bonds is 5. The molecule has 0 unspecified atom stereocenters. The summed E-state index contributed by atoms with van der Waals surface area (Å²) in [6.45, 7) is 5.71. The van der Waals surface area contributed by atoms with E-state index in [2.05, 4.69) is 10.3 Å². The predicted octanol–water partition coefficient (Wildman–Crippen LogP) is 5.18. The van der Waals surface area contributed by atoms with Crippen LogP contribution in [0.4, 0.5) is 10.1 Å². The van der Waals surface area contributed by atoms with Gasteiger partial charge in [0, 0.05) is 0 Å². The largest absolute Gasteiger partial charge is 0.323 e. The first-order valence-corrected chi connectivity index (χ1v) is 11.1. The van der Waals surface area contributed by atoms with Gasteiger partial charge in [0.15, 0.2) is 5.16 Å². The van der Waals surface area contributed by atoms with E-state index in [0.29, 0.717) is 16.1 Å². The SMILES string of the molecule is Cc1ccc(NC(=O)CSc2nc3ccccc3c(=O)n2-c2cccc(C)c2C)c(F)c1. The number of benzene rings is 3. The molecule has 0 bridgehead atoms. The van der Waals surface area contributed by atoms with E-state index >= 15 is 0 Å². The first-order chi connectivity index (χ1) is 15.3. The minimum absolute atomic E-state index is 0.0248. The highest BCUT2D eigenvalue weighted by Gasteiger charge is 2.17. The molecule has 0 saturated heterocycles. The molecule has 32 heavy (non-hydrogen) atoms. The van der Waals surface area contributed by atoms with Crippen LogP contribution in [-0.4, -0.2) is 21.2 Å². The Labute approximate surface area is 189 Å². The summed E-state index contributed by atoms with van der Waals surface area (Å²) < 4.78 is 15.6. The van der Waals surface area contributed by atoms with Gasteiger partial charge in [-0.05, 0) is 67.8 Å². The van der Waals surface area contributed by atoms with E-state index in [1.807, 2.05) is 38.1 Å². The van der Waals surface area contributed by atoms with Gasteiger partial charge < -0.3 is 5.32 Å². The smallest absolute Gasteiger partial charge is 0.266 e. The number of carbonyl (C=O) groups is 1. The van der Waals surface area contributed by atoms with Crippen molar-refractivity contribution in [2.24, 2.45) is 0 Å². The van der Waals surface area contributed by atoms with Crippen molar-refractivity contribution in [3.05, 3.63) is 93.5 Å². The number of halogens is 1. The second-order valence-electron chi connectivity index (χ2n) is 7.59. The number of thioether (sulfide) groups is 1. The van der Waals surface area contributed by atoms with Crippen LogP contribution in [0.3, 0.4) is 0 Å². The number of aryl methyl sites for hydroxylation is 2. The monoisotopic (exact) mass is 447 g/mol. The molecule has 0 atom stereocenters. The molecule has 4 rings (SSSR count). The van der Waals surface area contributed by atoms with E-state index < -0.39 is 5.82 Å². The standard InChI is InChI=1S/C25H22FN3O2S/c1-15-11-12-21(19(26)13-15)27-23(30)14-32-25-28-20-9-5-4-8-18(20)24(31)29(25)22-10-6-7-16(2)17(22)3/h4-13H,14H2,1-3H3,(H,27,30). The summed E-state index contributed by atoms with van der Waals surface area (Å²) in [6, 6.07) is 17.5. The number of nitrogens with one attached hydrogen (secondary N) is 1. The first-order valence-electron chi connectivity index (χ1n) is 10.1. The van der Waals surface area contributed by atoms with E-state index in [1.165, 1.54) is 12.1 Å². The van der Waals surface area contributed by atoms with Gasteiger partial charge in [-0.1, -0.05) is 42.1 Å². The summed E-state index contributed by atoms with van der Waals surface area (Å²) in [5.41, 5.74) is 3.99. The number of fused-ring (bicyclic) bond motifs is 1. The van der Waals surface area contributed by atoms with Crippen molar-refractivity contribution in [1.29, 1.82) is 0 Å². The number of para-hydroxylation sites is 1. The second-order valence-corrected chi connectivity index (χ2v) is 8.53. The Hall–Kier alpha value is -3.45. The Kier molecular flexibility index (Phi) is 6.10. The molecule has 4 aromatic rings. The van der Waals surface area contributed by atoms with E-state index in [1.54, 1.807) is 35.8 Å². The molecule has 5 nitrogen and oxygen atoms in total. The van der Waals surface area contributed by atoms with Crippen molar-refractivity contribution in [1.82, 2.24) is 9.55 Å². The van der Waals surface area contributed by atoms with Gasteiger partial charge in [0.1, 0.15) is 5.82 Å². The molecule has 0 saturated carbocycles. The number of hydrogen-bond acceptors (Lipinski definition) is 4. The van der Waals surface area contributed by atoms with E-state index in [0.717, 1.165) is 34.1 Å². The Morgan fingerprint density at radius 3 is 2.62 bits per heavy atom. The molecule has 0 aliphatic rings. The van der Waals surface area contributed by atoms with Gasteiger partial charge in [-0.15, -0.1) is 0 Å². The van der Waals surface area contributed by atoms with Gasteiger partial charge >= 0.3 is 0 Å². The Bertz CT molecular complexity index is 1400. The first kappa shape index (κ1) is 21.8. The molecule has 7 heteroatoms. The maximum atomic E-state index is 14.1. The highest BCUT2D eigenvalue weighted by atomic mass is 32.2. The summed E-state index contributed by atoms with van der Waals surface area (Å²) in [5, 5.41) is 3.50. The maximum absolute atomic E-state index is 14.1. The van der Waals surface area contributed by atoms with Crippen LogP contribution in [0.15, 0.2) is 70.6 Å². The lowest BCUT2D eigenvalue weighted by atomic mass is 10.1. The summed E-state index contributed by atoms with van der Waals surface area (Å²) in [7, 11) is 0. The zero-order chi connectivity index (χ0) is 22.8. The van der Waals surface area contributed by atoms with Crippen LogP contribution < -0.4 is 10.9 Å². The molecule has 0 aliphatic carbocycles. The summed E-state index contributed by atoms with van der Waals surface area (Å²) in [4.78, 5) is 30.6. The number of carbonyl (C=O) groups excluding carboxylic acids is 1. The molecule has 162 valence electrons. The lowest BCUT2D eigenvalue weighted by Crippen LogP contribution is -2.23. The van der Waals surface area contributed by atoms with Crippen LogP contribution in [0, 0.1) is 26.6 Å². The fourth-order valence-electron chi connectivity index (χ4n) is 3.44. The Balaban J connectivity index is 1.70. The van der Waals surface area contributed by atoms with Crippen molar-refractivity contribution in [3.63, 3.8) is 0 Å². The molecular weight excluding hydrogens is 425 g/mol. The maximum Gasteiger partial charge on any atom is 0.266 e. The predicted molar refractivity (Wildman–Crippen MR) is 127 cm³/mol. The molecule has 3 aromatic carbocycles. The average Bonchev–Trinajstić information content (AvgIpc) is 2.77. The minimum Gasteiger partial charge on any atom is -0.323 e. The summed E-state index contributed by atoms with van der Waals surface area (Å²) >= 11 is 1.14. The molecule has 0 fully saturated rings. The van der Waals surface area contributed by atoms with Crippen LogP contribution in [0.25, 0.3) is 16.6 Å². The van der Waals surface area contributed by atoms with Crippen molar-refractivity contribution in [2.75, 3.05) is 11.1 Å². The number of aromatic nitrogens is 2.